The first-order valence-corrected chi connectivity index (χ1v) is 5.43. The lowest BCUT2D eigenvalue weighted by atomic mass is 9.91. The minimum Gasteiger partial charge on any atom is -0.476 e. The highest BCUT2D eigenvalue weighted by atomic mass is 19.3. The van der Waals surface area contributed by atoms with Crippen molar-refractivity contribution in [1.82, 2.24) is 0 Å². The van der Waals surface area contributed by atoms with Crippen LogP contribution >= 0.6 is 0 Å². The van der Waals surface area contributed by atoms with E-state index < -0.39 is 23.6 Å². The highest BCUT2D eigenvalue weighted by Crippen LogP contribution is 2.34. The van der Waals surface area contributed by atoms with E-state index >= 15 is 0 Å². The minimum absolute atomic E-state index is 0.117. The summed E-state index contributed by atoms with van der Waals surface area (Å²) in [7, 11) is 0. The molecule has 0 spiro atoms. The van der Waals surface area contributed by atoms with Gasteiger partial charge in [-0.2, -0.15) is 4.39 Å². The zero-order chi connectivity index (χ0) is 13.8. The van der Waals surface area contributed by atoms with Gasteiger partial charge in [0.05, 0.1) is 5.92 Å². The Hall–Kier alpha value is -1.78. The van der Waals surface area contributed by atoms with Crippen LogP contribution in [0.5, 0.6) is 0 Å². The highest BCUT2D eigenvalue weighted by Gasteiger charge is 2.35. The first-order chi connectivity index (χ1) is 8.36. The van der Waals surface area contributed by atoms with Crippen LogP contribution in [-0.4, -0.2) is 17.0 Å². The van der Waals surface area contributed by atoms with Gasteiger partial charge in [-0.05, 0) is 24.1 Å². The van der Waals surface area contributed by atoms with Crippen molar-refractivity contribution in [2.24, 2.45) is 5.92 Å². The fourth-order valence-electron chi connectivity index (χ4n) is 1.46. The van der Waals surface area contributed by atoms with Gasteiger partial charge in [-0.25, -0.2) is 13.6 Å². The summed E-state index contributed by atoms with van der Waals surface area (Å²) in [4.78, 5) is 10.3. The van der Waals surface area contributed by atoms with E-state index in [1.54, 1.807) is 6.08 Å². The van der Waals surface area contributed by atoms with Gasteiger partial charge in [-0.1, -0.05) is 31.2 Å². The number of hydrogen-bond donors (Lipinski definition) is 1. The zero-order valence-corrected chi connectivity index (χ0v) is 9.74. The first kappa shape index (κ1) is 14.3. The fourth-order valence-corrected chi connectivity index (χ4v) is 1.46. The summed E-state index contributed by atoms with van der Waals surface area (Å²) in [5, 5.41) is 8.37. The SMILES string of the molecule is CCC=CC1C=C(/C=C(\F)C(=O)O)C=CC1(F)F. The molecule has 1 N–H and O–H groups in total. The molecule has 0 radical (unpaired) electrons. The Kier molecular flexibility index (Phi) is 4.53. The van der Waals surface area contributed by atoms with Crippen molar-refractivity contribution in [2.45, 2.75) is 19.3 Å². The van der Waals surface area contributed by atoms with Crippen molar-refractivity contribution in [3.63, 3.8) is 0 Å². The van der Waals surface area contributed by atoms with Crippen molar-refractivity contribution >= 4 is 5.97 Å². The van der Waals surface area contributed by atoms with Crippen LogP contribution in [0.25, 0.3) is 0 Å². The van der Waals surface area contributed by atoms with E-state index in [-0.39, 0.29) is 5.57 Å². The molecule has 0 aromatic rings. The number of carboxylic acids is 1. The predicted octanol–water partition coefficient (Wildman–Crippen LogP) is 3.64. The third kappa shape index (κ3) is 3.61. The summed E-state index contributed by atoms with van der Waals surface area (Å²) in [5.41, 5.74) is 0.117. The molecule has 1 rings (SSSR count). The Morgan fingerprint density at radius 1 is 1.56 bits per heavy atom. The van der Waals surface area contributed by atoms with Crippen LogP contribution in [0.15, 0.2) is 47.9 Å². The van der Waals surface area contributed by atoms with Gasteiger partial charge in [0.25, 0.3) is 5.92 Å². The average Bonchev–Trinajstić information content (AvgIpc) is 2.29. The molecule has 1 aliphatic carbocycles. The van der Waals surface area contributed by atoms with Gasteiger partial charge < -0.3 is 5.11 Å². The second-order valence-electron chi connectivity index (χ2n) is 3.83. The number of aliphatic carboxylic acids is 1. The number of alkyl halides is 2. The molecular formula is C13H13F3O2. The number of carboxylic acid groups (broad SMARTS) is 1. The smallest absolute Gasteiger partial charge is 0.364 e. The van der Waals surface area contributed by atoms with E-state index in [0.717, 1.165) is 18.2 Å². The van der Waals surface area contributed by atoms with Crippen LogP contribution in [0, 0.1) is 5.92 Å². The van der Waals surface area contributed by atoms with Crippen LogP contribution in [0.3, 0.4) is 0 Å². The van der Waals surface area contributed by atoms with Crippen molar-refractivity contribution < 1.29 is 23.1 Å². The van der Waals surface area contributed by atoms with E-state index in [0.29, 0.717) is 12.5 Å². The molecule has 0 aromatic carbocycles. The Balaban J connectivity index is 3.00. The number of carbonyl (C=O) groups is 1. The zero-order valence-electron chi connectivity index (χ0n) is 9.74. The van der Waals surface area contributed by atoms with Gasteiger partial charge in [0, 0.05) is 0 Å². The van der Waals surface area contributed by atoms with Crippen molar-refractivity contribution in [3.8, 4) is 0 Å². The number of rotatable bonds is 4. The van der Waals surface area contributed by atoms with E-state index in [1.165, 1.54) is 6.08 Å². The summed E-state index contributed by atoms with van der Waals surface area (Å²) in [6.45, 7) is 1.81. The Morgan fingerprint density at radius 3 is 2.78 bits per heavy atom. The van der Waals surface area contributed by atoms with E-state index in [4.69, 9.17) is 5.11 Å². The Morgan fingerprint density at radius 2 is 2.22 bits per heavy atom. The molecule has 0 saturated carbocycles. The number of halogens is 3. The maximum atomic E-state index is 13.4. The summed E-state index contributed by atoms with van der Waals surface area (Å²) in [6.07, 6.45) is 7.06. The molecule has 1 unspecified atom stereocenters. The molecule has 0 aromatic heterocycles. The lowest BCUT2D eigenvalue weighted by Gasteiger charge is -2.22. The number of allylic oxidation sites excluding steroid dienone is 7. The van der Waals surface area contributed by atoms with Gasteiger partial charge in [0.15, 0.2) is 0 Å². The van der Waals surface area contributed by atoms with E-state index in [1.807, 2.05) is 6.92 Å². The molecule has 2 nitrogen and oxygen atoms in total. The van der Waals surface area contributed by atoms with Gasteiger partial charge >= 0.3 is 5.97 Å². The summed E-state index contributed by atoms with van der Waals surface area (Å²) < 4.78 is 39.8. The minimum atomic E-state index is -3.04. The monoisotopic (exact) mass is 258 g/mol. The third-order valence-corrected chi connectivity index (χ3v) is 2.39. The molecule has 98 valence electrons. The fraction of sp³-hybridized carbons (Fsp3) is 0.308. The molecule has 0 heterocycles. The van der Waals surface area contributed by atoms with Crippen LogP contribution < -0.4 is 0 Å². The molecular weight excluding hydrogens is 245 g/mol. The Bertz CT molecular complexity index is 445. The van der Waals surface area contributed by atoms with Crippen LogP contribution in [0.1, 0.15) is 13.3 Å². The predicted molar refractivity (Wildman–Crippen MR) is 61.9 cm³/mol. The molecule has 1 atom stereocenters. The molecule has 1 aliphatic rings. The average molecular weight is 258 g/mol. The maximum absolute atomic E-state index is 13.4. The number of hydrogen-bond acceptors (Lipinski definition) is 1. The highest BCUT2D eigenvalue weighted by molar-refractivity contribution is 5.84. The van der Waals surface area contributed by atoms with Crippen LogP contribution in [-0.2, 0) is 4.79 Å². The largest absolute Gasteiger partial charge is 0.476 e. The molecule has 0 fully saturated rings. The molecule has 18 heavy (non-hydrogen) atoms. The van der Waals surface area contributed by atoms with Gasteiger partial charge in [0.1, 0.15) is 0 Å². The van der Waals surface area contributed by atoms with Gasteiger partial charge in [-0.15, -0.1) is 0 Å². The third-order valence-electron chi connectivity index (χ3n) is 2.39. The van der Waals surface area contributed by atoms with Crippen molar-refractivity contribution in [3.05, 3.63) is 47.9 Å². The molecule has 0 aliphatic heterocycles. The summed E-state index contributed by atoms with van der Waals surface area (Å²) >= 11 is 0. The molecule has 0 bridgehead atoms. The maximum Gasteiger partial charge on any atom is 0.364 e. The second kappa shape index (κ2) is 5.71. The van der Waals surface area contributed by atoms with Gasteiger partial charge in [-0.3, -0.25) is 0 Å². The normalized spacial score (nSPS) is 23.2. The molecule has 0 saturated heterocycles. The van der Waals surface area contributed by atoms with Crippen molar-refractivity contribution in [2.75, 3.05) is 0 Å². The summed E-state index contributed by atoms with van der Waals surface area (Å²) in [6, 6.07) is 0. The Labute approximate surface area is 103 Å². The lowest BCUT2D eigenvalue weighted by Crippen LogP contribution is -2.25. The van der Waals surface area contributed by atoms with Crippen molar-refractivity contribution in [1.29, 1.82) is 0 Å². The van der Waals surface area contributed by atoms with Gasteiger partial charge in [0.2, 0.25) is 5.83 Å². The quantitative estimate of drug-likeness (QED) is 0.617. The van der Waals surface area contributed by atoms with Crippen LogP contribution in [0.2, 0.25) is 0 Å². The van der Waals surface area contributed by atoms with Crippen LogP contribution in [0.4, 0.5) is 13.2 Å². The topological polar surface area (TPSA) is 37.3 Å². The molecule has 0 amide bonds. The van der Waals surface area contributed by atoms with E-state index in [9.17, 15) is 18.0 Å². The standard InChI is InChI=1S/C13H13F3O2/c1-2-3-4-10-7-9(5-6-13(10,15)16)8-11(14)12(17)18/h3-8,10H,2H2,1H3,(H,17,18)/b4-3?,11-8-. The summed E-state index contributed by atoms with van der Waals surface area (Å²) in [5.74, 6) is -7.32. The van der Waals surface area contributed by atoms with E-state index in [2.05, 4.69) is 0 Å². The molecule has 5 heteroatoms. The first-order valence-electron chi connectivity index (χ1n) is 5.43. The second-order valence-corrected chi connectivity index (χ2v) is 3.83. The lowest BCUT2D eigenvalue weighted by molar-refractivity contribution is -0.134.